The molecule has 0 saturated heterocycles. The average molecular weight is 313 g/mol. The molecular weight excluding hydrogens is 292 g/mol. The number of halogens is 2. The molecule has 0 radical (unpaired) electrons. The van der Waals surface area contributed by atoms with Crippen LogP contribution in [-0.2, 0) is 0 Å². The zero-order chi connectivity index (χ0) is 16.0. The molecule has 2 fully saturated rings. The fourth-order valence-corrected chi connectivity index (χ4v) is 4.01. The van der Waals surface area contributed by atoms with Gasteiger partial charge in [0.05, 0.1) is 6.10 Å². The summed E-state index contributed by atoms with van der Waals surface area (Å²) in [4.78, 5) is 14.1. The van der Waals surface area contributed by atoms with Crippen molar-refractivity contribution in [3.63, 3.8) is 0 Å². The van der Waals surface area contributed by atoms with E-state index in [1.165, 1.54) is 13.0 Å². The van der Waals surface area contributed by atoms with Crippen molar-refractivity contribution in [2.75, 3.05) is 7.05 Å². The minimum absolute atomic E-state index is 0.0670. The van der Waals surface area contributed by atoms with Crippen molar-refractivity contribution in [1.29, 1.82) is 0 Å². The van der Waals surface area contributed by atoms with E-state index in [4.69, 9.17) is 0 Å². The highest BCUT2D eigenvalue weighted by molar-refractivity contribution is 5.92. The van der Waals surface area contributed by atoms with Gasteiger partial charge in [0.1, 0.15) is 0 Å². The summed E-state index contributed by atoms with van der Waals surface area (Å²) >= 11 is 0. The Kier molecular flexibility index (Phi) is 3.92. The number of aliphatic hydroxyl groups excluding tert-OH is 1. The SMILES string of the molecule is Cc1cc(C(=O)N(C)C2C[C@H]3CC(O)C[C@H]3C2)nn1C(F)F. The van der Waals surface area contributed by atoms with Crippen LogP contribution in [0.15, 0.2) is 6.07 Å². The topological polar surface area (TPSA) is 58.4 Å². The molecule has 1 heterocycles. The van der Waals surface area contributed by atoms with Crippen LogP contribution in [0.2, 0.25) is 0 Å². The van der Waals surface area contributed by atoms with E-state index in [-0.39, 0.29) is 29.4 Å². The first kappa shape index (κ1) is 15.4. The van der Waals surface area contributed by atoms with Gasteiger partial charge in [0.25, 0.3) is 5.91 Å². The van der Waals surface area contributed by atoms with E-state index in [1.807, 2.05) is 0 Å². The van der Waals surface area contributed by atoms with Crippen LogP contribution >= 0.6 is 0 Å². The molecule has 0 aromatic carbocycles. The summed E-state index contributed by atoms with van der Waals surface area (Å²) in [5, 5.41) is 13.4. The van der Waals surface area contributed by atoms with Crippen LogP contribution in [0.3, 0.4) is 0 Å². The number of rotatable bonds is 3. The van der Waals surface area contributed by atoms with Gasteiger partial charge >= 0.3 is 6.55 Å². The van der Waals surface area contributed by atoms with E-state index in [1.54, 1.807) is 11.9 Å². The van der Waals surface area contributed by atoms with Gasteiger partial charge in [-0.15, -0.1) is 0 Å². The maximum absolute atomic E-state index is 12.8. The second-order valence-electron chi connectivity index (χ2n) is 6.58. The molecule has 2 aliphatic rings. The van der Waals surface area contributed by atoms with E-state index in [0.29, 0.717) is 16.5 Å². The number of aliphatic hydroxyl groups is 1. The Labute approximate surface area is 127 Å². The molecule has 7 heteroatoms. The van der Waals surface area contributed by atoms with Crippen molar-refractivity contribution in [3.8, 4) is 0 Å². The number of amides is 1. The van der Waals surface area contributed by atoms with Gasteiger partial charge in [-0.2, -0.15) is 13.9 Å². The Morgan fingerprint density at radius 2 is 1.95 bits per heavy atom. The number of fused-ring (bicyclic) bond motifs is 1. The quantitative estimate of drug-likeness (QED) is 0.931. The Balaban J connectivity index is 1.69. The third kappa shape index (κ3) is 2.62. The Morgan fingerprint density at radius 3 is 2.45 bits per heavy atom. The summed E-state index contributed by atoms with van der Waals surface area (Å²) in [6, 6.07) is 1.51. The molecule has 0 aliphatic heterocycles. The van der Waals surface area contributed by atoms with Gasteiger partial charge < -0.3 is 10.0 Å². The van der Waals surface area contributed by atoms with Crippen LogP contribution < -0.4 is 0 Å². The predicted molar refractivity (Wildman–Crippen MR) is 75.6 cm³/mol. The molecule has 1 aromatic heterocycles. The average Bonchev–Trinajstić information content (AvgIpc) is 3.09. The fraction of sp³-hybridized carbons (Fsp3) is 0.733. The summed E-state index contributed by atoms with van der Waals surface area (Å²) in [7, 11) is 1.71. The third-order valence-electron chi connectivity index (χ3n) is 5.16. The Morgan fingerprint density at radius 1 is 1.36 bits per heavy atom. The molecule has 5 nitrogen and oxygen atoms in total. The molecule has 0 bridgehead atoms. The van der Waals surface area contributed by atoms with Crippen molar-refractivity contribution < 1.29 is 18.7 Å². The van der Waals surface area contributed by atoms with Crippen molar-refractivity contribution >= 4 is 5.91 Å². The lowest BCUT2D eigenvalue weighted by atomic mass is 10.0. The third-order valence-corrected chi connectivity index (χ3v) is 5.16. The lowest BCUT2D eigenvalue weighted by Gasteiger charge is -2.24. The molecular formula is C15H21F2N3O2. The summed E-state index contributed by atoms with van der Waals surface area (Å²) in [5.41, 5.74) is 0.343. The molecule has 1 aromatic rings. The molecule has 1 amide bonds. The number of hydrogen-bond donors (Lipinski definition) is 1. The molecule has 1 N–H and O–H groups in total. The second-order valence-corrected chi connectivity index (χ2v) is 6.58. The summed E-state index contributed by atoms with van der Waals surface area (Å²) in [6.45, 7) is -1.23. The normalized spacial score (nSPS) is 30.8. The smallest absolute Gasteiger partial charge is 0.333 e. The Hall–Kier alpha value is -1.50. The number of aromatic nitrogens is 2. The first-order chi connectivity index (χ1) is 10.4. The van der Waals surface area contributed by atoms with Crippen molar-refractivity contribution in [2.45, 2.75) is 51.3 Å². The van der Waals surface area contributed by atoms with Gasteiger partial charge in [0.15, 0.2) is 5.69 Å². The maximum Gasteiger partial charge on any atom is 0.333 e. The van der Waals surface area contributed by atoms with Crippen LogP contribution in [0.25, 0.3) is 0 Å². The van der Waals surface area contributed by atoms with Gasteiger partial charge in [0.2, 0.25) is 0 Å². The zero-order valence-electron chi connectivity index (χ0n) is 12.7. The van der Waals surface area contributed by atoms with E-state index in [0.717, 1.165) is 25.7 Å². The molecule has 22 heavy (non-hydrogen) atoms. The first-order valence-electron chi connectivity index (χ1n) is 7.66. The van der Waals surface area contributed by atoms with Crippen LogP contribution in [-0.4, -0.2) is 44.9 Å². The fourth-order valence-electron chi connectivity index (χ4n) is 4.01. The number of carbonyl (C=O) groups is 1. The highest BCUT2D eigenvalue weighted by Crippen LogP contribution is 2.45. The molecule has 4 atom stereocenters. The minimum atomic E-state index is -2.74. The number of aryl methyl sites for hydroxylation is 1. The molecule has 122 valence electrons. The van der Waals surface area contributed by atoms with Crippen LogP contribution in [0, 0.1) is 18.8 Å². The van der Waals surface area contributed by atoms with E-state index < -0.39 is 6.55 Å². The number of alkyl halides is 2. The summed E-state index contributed by atoms with van der Waals surface area (Å²) in [6.07, 6.45) is 3.16. The van der Waals surface area contributed by atoms with E-state index in [2.05, 4.69) is 5.10 Å². The largest absolute Gasteiger partial charge is 0.393 e. The van der Waals surface area contributed by atoms with Gasteiger partial charge in [-0.1, -0.05) is 0 Å². The highest BCUT2D eigenvalue weighted by atomic mass is 19.3. The first-order valence-corrected chi connectivity index (χ1v) is 7.66. The van der Waals surface area contributed by atoms with E-state index >= 15 is 0 Å². The lowest BCUT2D eigenvalue weighted by Crippen LogP contribution is -2.36. The van der Waals surface area contributed by atoms with E-state index in [9.17, 15) is 18.7 Å². The number of hydrogen-bond acceptors (Lipinski definition) is 3. The second kappa shape index (κ2) is 5.61. The van der Waals surface area contributed by atoms with Crippen molar-refractivity contribution in [1.82, 2.24) is 14.7 Å². The number of nitrogens with zero attached hydrogens (tertiary/aromatic N) is 3. The monoisotopic (exact) mass is 313 g/mol. The standard InChI is InChI=1S/C15H21F2N3O2/c1-8-3-13(18-20(8)15(16)17)14(22)19(2)11-4-9-6-12(21)7-10(9)5-11/h3,9-12,15,21H,4-7H2,1-2H3/t9-,10+,11?,12?. The maximum atomic E-state index is 12.8. The zero-order valence-corrected chi connectivity index (χ0v) is 12.7. The highest BCUT2D eigenvalue weighted by Gasteiger charge is 2.43. The van der Waals surface area contributed by atoms with Gasteiger partial charge in [-0.25, -0.2) is 4.68 Å². The van der Waals surface area contributed by atoms with Crippen molar-refractivity contribution in [2.24, 2.45) is 11.8 Å². The number of carbonyl (C=O) groups excluding carboxylic acids is 1. The molecule has 2 unspecified atom stereocenters. The molecule has 3 rings (SSSR count). The Bertz CT molecular complexity index is 561. The molecule has 2 saturated carbocycles. The van der Waals surface area contributed by atoms with Crippen LogP contribution in [0.5, 0.6) is 0 Å². The summed E-state index contributed by atoms with van der Waals surface area (Å²) < 4.78 is 26.1. The van der Waals surface area contributed by atoms with Crippen molar-refractivity contribution in [3.05, 3.63) is 17.5 Å². The van der Waals surface area contributed by atoms with Crippen LogP contribution in [0.1, 0.15) is 48.4 Å². The van der Waals surface area contributed by atoms with Gasteiger partial charge in [-0.3, -0.25) is 4.79 Å². The minimum Gasteiger partial charge on any atom is -0.393 e. The summed E-state index contributed by atoms with van der Waals surface area (Å²) in [5.74, 6) is 0.624. The van der Waals surface area contributed by atoms with Gasteiger partial charge in [0, 0.05) is 18.8 Å². The molecule has 0 spiro atoms. The predicted octanol–water partition coefficient (Wildman–Crippen LogP) is 2.21. The van der Waals surface area contributed by atoms with Gasteiger partial charge in [-0.05, 0) is 50.5 Å². The van der Waals surface area contributed by atoms with Crippen LogP contribution in [0.4, 0.5) is 8.78 Å². The molecule has 2 aliphatic carbocycles. The lowest BCUT2D eigenvalue weighted by molar-refractivity contribution is 0.0529.